The Balaban J connectivity index is 2.53. The van der Waals surface area contributed by atoms with Crippen LogP contribution in [0.2, 0.25) is 0 Å². The highest BCUT2D eigenvalue weighted by Crippen LogP contribution is 2.60. The van der Waals surface area contributed by atoms with E-state index in [0.29, 0.717) is 0 Å². The fraction of sp³-hybridized carbons (Fsp3) is 0.500. The standard InChI is InChI=1S/C24H42N8P2S/c1-27(2)33(28(3)4,29(5)6)25-19-15-13-17-21-23(19)24-20(16-14-18-22(24)35-21)26-34(30(7)8,31(9)10)32(11)12/h13-18H,1-12H3. The Labute approximate surface area is 216 Å². The molecule has 2 aromatic carbocycles. The number of thiophene rings is 1. The molecule has 8 nitrogen and oxygen atoms in total. The average molecular weight is 537 g/mol. The minimum atomic E-state index is -2.11. The summed E-state index contributed by atoms with van der Waals surface area (Å²) in [5.41, 5.74) is 2.04. The van der Waals surface area contributed by atoms with E-state index in [1.165, 1.54) is 20.2 Å². The molecule has 0 saturated heterocycles. The van der Waals surface area contributed by atoms with Gasteiger partial charge in [-0.1, -0.05) is 12.1 Å². The van der Waals surface area contributed by atoms with E-state index in [0.717, 1.165) is 11.4 Å². The zero-order valence-electron chi connectivity index (χ0n) is 23.3. The summed E-state index contributed by atoms with van der Waals surface area (Å²) in [6.07, 6.45) is 0. The van der Waals surface area contributed by atoms with Crippen LogP contribution in [0.5, 0.6) is 0 Å². The van der Waals surface area contributed by atoms with E-state index in [4.69, 9.17) is 9.49 Å². The second-order valence-electron chi connectivity index (χ2n) is 9.76. The highest BCUT2D eigenvalue weighted by atomic mass is 32.1. The van der Waals surface area contributed by atoms with Gasteiger partial charge in [-0.05, 0) is 109 Å². The van der Waals surface area contributed by atoms with Gasteiger partial charge >= 0.3 is 0 Å². The summed E-state index contributed by atoms with van der Waals surface area (Å²) in [5.74, 6) is 0. The van der Waals surface area contributed by atoms with Crippen LogP contribution in [0.25, 0.3) is 20.2 Å². The molecule has 0 aliphatic carbocycles. The van der Waals surface area contributed by atoms with Crippen molar-refractivity contribution in [3.8, 4) is 0 Å². The minimum absolute atomic E-state index is 1.02. The van der Waals surface area contributed by atoms with Crippen molar-refractivity contribution >= 4 is 57.9 Å². The van der Waals surface area contributed by atoms with E-state index < -0.39 is 15.0 Å². The lowest BCUT2D eigenvalue weighted by atomic mass is 10.1. The van der Waals surface area contributed by atoms with E-state index in [9.17, 15) is 0 Å². The van der Waals surface area contributed by atoms with E-state index in [-0.39, 0.29) is 0 Å². The molecule has 0 saturated carbocycles. The molecular formula is C24H42N8P2S. The second-order valence-corrected chi connectivity index (χ2v) is 18.2. The molecule has 1 heterocycles. The van der Waals surface area contributed by atoms with Gasteiger partial charge in [-0.15, -0.1) is 11.3 Å². The Morgan fingerprint density at radius 3 is 1.03 bits per heavy atom. The van der Waals surface area contributed by atoms with Gasteiger partial charge in [-0.25, -0.2) is 9.49 Å². The monoisotopic (exact) mass is 536 g/mol. The molecule has 11 heteroatoms. The molecule has 0 aliphatic rings. The van der Waals surface area contributed by atoms with Crippen molar-refractivity contribution < 1.29 is 0 Å². The third kappa shape index (κ3) is 4.79. The highest BCUT2D eigenvalue weighted by molar-refractivity contribution is 7.59. The van der Waals surface area contributed by atoms with Gasteiger partial charge in [0.1, 0.15) is 0 Å². The van der Waals surface area contributed by atoms with Gasteiger partial charge in [0.2, 0.25) is 0 Å². The largest absolute Gasteiger partial charge is 0.252 e. The Morgan fingerprint density at radius 2 is 0.771 bits per heavy atom. The Kier molecular flexibility index (Phi) is 8.70. The highest BCUT2D eigenvalue weighted by Gasteiger charge is 2.31. The number of rotatable bonds is 8. The second kappa shape index (κ2) is 10.7. The van der Waals surface area contributed by atoms with Gasteiger partial charge in [0.25, 0.3) is 0 Å². The number of fused-ring (bicyclic) bond motifs is 3. The molecule has 0 unspecified atom stereocenters. The average Bonchev–Trinajstić information content (AvgIpc) is 3.14. The van der Waals surface area contributed by atoms with Crippen molar-refractivity contribution in [2.24, 2.45) is 9.49 Å². The fourth-order valence-electron chi connectivity index (χ4n) is 4.97. The van der Waals surface area contributed by atoms with Crippen LogP contribution in [0.1, 0.15) is 0 Å². The molecule has 35 heavy (non-hydrogen) atoms. The summed E-state index contributed by atoms with van der Waals surface area (Å²) < 4.78 is 27.0. The van der Waals surface area contributed by atoms with Gasteiger partial charge in [0.15, 0.2) is 15.0 Å². The molecule has 1 aromatic heterocycles. The minimum Gasteiger partial charge on any atom is -0.252 e. The molecule has 0 atom stereocenters. The zero-order chi connectivity index (χ0) is 26.3. The van der Waals surface area contributed by atoms with Gasteiger partial charge in [0.05, 0.1) is 11.4 Å². The van der Waals surface area contributed by atoms with Crippen LogP contribution in [-0.2, 0) is 0 Å². The molecule has 194 valence electrons. The van der Waals surface area contributed by atoms with Crippen molar-refractivity contribution in [1.29, 1.82) is 0 Å². The van der Waals surface area contributed by atoms with Crippen LogP contribution in [0.4, 0.5) is 11.4 Å². The van der Waals surface area contributed by atoms with Crippen LogP contribution in [0.3, 0.4) is 0 Å². The van der Waals surface area contributed by atoms with Crippen LogP contribution in [0, 0.1) is 0 Å². The molecule has 0 N–H and O–H groups in total. The number of benzene rings is 2. The fourth-order valence-corrected chi connectivity index (χ4v) is 12.4. The first-order valence-corrected chi connectivity index (χ1v) is 15.6. The van der Waals surface area contributed by atoms with Crippen molar-refractivity contribution in [2.45, 2.75) is 0 Å². The van der Waals surface area contributed by atoms with E-state index in [2.05, 4.69) is 149 Å². The molecular weight excluding hydrogens is 494 g/mol. The molecule has 0 bridgehead atoms. The van der Waals surface area contributed by atoms with E-state index in [1.807, 2.05) is 11.3 Å². The van der Waals surface area contributed by atoms with Gasteiger partial charge in [-0.2, -0.15) is 0 Å². The summed E-state index contributed by atoms with van der Waals surface area (Å²) in [5, 5.41) is 2.38. The SMILES string of the molecule is CN(C)P(=Nc1cccc2sc3cccc(N=P(N(C)C)(N(C)C)N(C)C)c3c12)(N(C)C)N(C)C. The topological polar surface area (TPSA) is 44.2 Å². The van der Waals surface area contributed by atoms with Crippen LogP contribution < -0.4 is 0 Å². The predicted octanol–water partition coefficient (Wildman–Crippen LogP) is 6.58. The first-order chi connectivity index (χ1) is 16.3. The summed E-state index contributed by atoms with van der Waals surface area (Å²) in [4.78, 5) is 0. The van der Waals surface area contributed by atoms with Crippen molar-refractivity contribution in [2.75, 3.05) is 84.6 Å². The Hall–Kier alpha value is -1.12. The smallest absolute Gasteiger partial charge is 0.171 e. The Bertz CT molecular complexity index is 1150. The van der Waals surface area contributed by atoms with Crippen LogP contribution in [-0.4, -0.2) is 113 Å². The third-order valence-corrected chi connectivity index (χ3v) is 14.7. The summed E-state index contributed by atoms with van der Waals surface area (Å²) in [6, 6.07) is 13.0. The van der Waals surface area contributed by atoms with Crippen LogP contribution in [0.15, 0.2) is 45.9 Å². The van der Waals surface area contributed by atoms with Crippen molar-refractivity contribution in [3.05, 3.63) is 36.4 Å². The maximum absolute atomic E-state index is 5.51. The normalized spacial score (nSPS) is 13.5. The summed E-state index contributed by atoms with van der Waals surface area (Å²) >= 11 is 1.82. The first kappa shape index (κ1) is 28.5. The molecule has 3 aromatic rings. The number of hydrogen-bond donors (Lipinski definition) is 0. The lowest BCUT2D eigenvalue weighted by molar-refractivity contribution is 0.474. The van der Waals surface area contributed by atoms with Crippen molar-refractivity contribution in [3.63, 3.8) is 0 Å². The molecule has 0 amide bonds. The quantitative estimate of drug-likeness (QED) is 0.303. The number of hydrogen-bond acceptors (Lipinski definition) is 3. The van der Waals surface area contributed by atoms with Gasteiger partial charge in [-0.3, -0.25) is 28.0 Å². The third-order valence-electron chi connectivity index (χ3n) is 6.18. The Morgan fingerprint density at radius 1 is 0.486 bits per heavy atom. The van der Waals surface area contributed by atoms with E-state index in [1.54, 1.807) is 0 Å². The molecule has 3 rings (SSSR count). The van der Waals surface area contributed by atoms with Crippen LogP contribution >= 0.6 is 26.3 Å². The molecule has 0 aliphatic heterocycles. The molecule has 0 fully saturated rings. The lowest BCUT2D eigenvalue weighted by Gasteiger charge is -2.41. The number of nitrogens with zero attached hydrogens (tertiary/aromatic N) is 8. The maximum atomic E-state index is 5.51. The predicted molar refractivity (Wildman–Crippen MR) is 159 cm³/mol. The molecule has 0 radical (unpaired) electrons. The van der Waals surface area contributed by atoms with Crippen molar-refractivity contribution in [1.82, 2.24) is 28.0 Å². The molecule has 0 spiro atoms. The first-order valence-electron chi connectivity index (χ1n) is 11.6. The zero-order valence-corrected chi connectivity index (χ0v) is 25.9. The van der Waals surface area contributed by atoms with E-state index >= 15 is 0 Å². The maximum Gasteiger partial charge on any atom is 0.171 e. The summed E-state index contributed by atoms with van der Waals surface area (Å²) in [7, 11) is 21.2. The lowest BCUT2D eigenvalue weighted by Crippen LogP contribution is -2.30. The van der Waals surface area contributed by atoms with Gasteiger partial charge < -0.3 is 0 Å². The van der Waals surface area contributed by atoms with Gasteiger partial charge in [0, 0.05) is 20.2 Å². The summed E-state index contributed by atoms with van der Waals surface area (Å²) in [6.45, 7) is 0.